The topological polar surface area (TPSA) is 12.5 Å². The van der Waals surface area contributed by atoms with Crippen molar-refractivity contribution in [3.63, 3.8) is 0 Å². The van der Waals surface area contributed by atoms with E-state index in [2.05, 4.69) is 37.2 Å². The quantitative estimate of drug-likeness (QED) is 0.748. The Morgan fingerprint density at radius 2 is 1.95 bits per heavy atom. The zero-order valence-electron chi connectivity index (χ0n) is 12.5. The van der Waals surface area contributed by atoms with Crippen molar-refractivity contribution in [1.82, 2.24) is 4.31 Å². The minimum absolute atomic E-state index is 0.736. The molecule has 0 saturated carbocycles. The van der Waals surface area contributed by atoms with E-state index in [0.29, 0.717) is 0 Å². The molecule has 1 aromatic rings. The van der Waals surface area contributed by atoms with Gasteiger partial charge in [-0.2, -0.15) is 0 Å². The van der Waals surface area contributed by atoms with Gasteiger partial charge in [-0.3, -0.25) is 0 Å². The fourth-order valence-electron chi connectivity index (χ4n) is 2.79. The first kappa shape index (κ1) is 14.7. The predicted molar refractivity (Wildman–Crippen MR) is 83.0 cm³/mol. The second-order valence-electron chi connectivity index (χ2n) is 5.38. The van der Waals surface area contributed by atoms with Gasteiger partial charge in [-0.15, -0.1) is 0 Å². The predicted octanol–water partition coefficient (Wildman–Crippen LogP) is 4.58. The van der Waals surface area contributed by atoms with Crippen LogP contribution in [0.1, 0.15) is 43.7 Å². The number of piperidine rings is 1. The van der Waals surface area contributed by atoms with E-state index in [1.165, 1.54) is 48.3 Å². The highest BCUT2D eigenvalue weighted by Crippen LogP contribution is 2.36. The molecular formula is C16H25NOS. The maximum Gasteiger partial charge on any atom is 0.119 e. The normalized spacial score (nSPS) is 20.5. The maximum atomic E-state index is 5.34. The highest BCUT2D eigenvalue weighted by Gasteiger charge is 2.23. The summed E-state index contributed by atoms with van der Waals surface area (Å²) in [6.07, 6.45) is 5.31. The van der Waals surface area contributed by atoms with Crippen molar-refractivity contribution in [3.8, 4) is 5.75 Å². The summed E-state index contributed by atoms with van der Waals surface area (Å²) in [5.74, 6) is 0.963. The van der Waals surface area contributed by atoms with Gasteiger partial charge in [-0.1, -0.05) is 13.3 Å². The molecule has 1 aliphatic heterocycles. The van der Waals surface area contributed by atoms with Crippen molar-refractivity contribution < 1.29 is 4.74 Å². The van der Waals surface area contributed by atoms with Crippen molar-refractivity contribution >= 4 is 11.9 Å². The summed E-state index contributed by atoms with van der Waals surface area (Å²) in [5.41, 5.74) is 2.64. The van der Waals surface area contributed by atoms with Gasteiger partial charge in [-0.05, 0) is 68.3 Å². The molecule has 1 saturated heterocycles. The molecule has 19 heavy (non-hydrogen) atoms. The van der Waals surface area contributed by atoms with Crippen LogP contribution in [0.2, 0.25) is 0 Å². The molecule has 1 fully saturated rings. The lowest BCUT2D eigenvalue weighted by Crippen LogP contribution is -2.33. The van der Waals surface area contributed by atoms with Crippen LogP contribution in [0, 0.1) is 13.8 Å². The fourth-order valence-corrected chi connectivity index (χ4v) is 4.06. The Hall–Kier alpha value is -0.670. The van der Waals surface area contributed by atoms with Gasteiger partial charge in [0.25, 0.3) is 0 Å². The molecular weight excluding hydrogens is 254 g/mol. The van der Waals surface area contributed by atoms with Crippen LogP contribution in [0.4, 0.5) is 0 Å². The largest absolute Gasteiger partial charge is 0.497 e. The Morgan fingerprint density at radius 1 is 1.26 bits per heavy atom. The SMILES string of the molecule is CCC1CCCCN1Sc1c(C)cc(OC)cc1C. The minimum Gasteiger partial charge on any atom is -0.497 e. The Bertz CT molecular complexity index is 410. The lowest BCUT2D eigenvalue weighted by Gasteiger charge is -2.34. The summed E-state index contributed by atoms with van der Waals surface area (Å²) in [6.45, 7) is 7.89. The summed E-state index contributed by atoms with van der Waals surface area (Å²) in [4.78, 5) is 1.40. The number of benzene rings is 1. The lowest BCUT2D eigenvalue weighted by atomic mass is 10.0. The van der Waals surface area contributed by atoms with Crippen LogP contribution in [0.5, 0.6) is 5.75 Å². The van der Waals surface area contributed by atoms with Gasteiger partial charge in [0.2, 0.25) is 0 Å². The van der Waals surface area contributed by atoms with Gasteiger partial charge in [0.1, 0.15) is 5.75 Å². The Labute approximate surface area is 121 Å². The lowest BCUT2D eigenvalue weighted by molar-refractivity contribution is 0.268. The van der Waals surface area contributed by atoms with Crippen molar-refractivity contribution in [2.45, 2.75) is 57.4 Å². The molecule has 0 radical (unpaired) electrons. The minimum atomic E-state index is 0.736. The molecule has 0 aliphatic carbocycles. The van der Waals surface area contributed by atoms with Crippen LogP contribution in [0.3, 0.4) is 0 Å². The van der Waals surface area contributed by atoms with Crippen molar-refractivity contribution in [3.05, 3.63) is 23.3 Å². The first-order valence-electron chi connectivity index (χ1n) is 7.25. The van der Waals surface area contributed by atoms with Crippen LogP contribution in [-0.4, -0.2) is 24.0 Å². The highest BCUT2D eigenvalue weighted by atomic mass is 32.2. The van der Waals surface area contributed by atoms with Gasteiger partial charge in [-0.25, -0.2) is 4.31 Å². The zero-order chi connectivity index (χ0) is 13.8. The monoisotopic (exact) mass is 279 g/mol. The van der Waals surface area contributed by atoms with Gasteiger partial charge in [0.15, 0.2) is 0 Å². The van der Waals surface area contributed by atoms with Gasteiger partial charge in [0, 0.05) is 17.5 Å². The second-order valence-corrected chi connectivity index (χ2v) is 6.44. The maximum absolute atomic E-state index is 5.34. The number of hydrogen-bond acceptors (Lipinski definition) is 3. The van der Waals surface area contributed by atoms with Crippen LogP contribution >= 0.6 is 11.9 Å². The number of ether oxygens (including phenoxy) is 1. The third-order valence-corrected chi connectivity index (χ3v) is 5.46. The van der Waals surface area contributed by atoms with Crippen LogP contribution in [0.15, 0.2) is 17.0 Å². The van der Waals surface area contributed by atoms with Crippen LogP contribution in [0.25, 0.3) is 0 Å². The average Bonchev–Trinajstić information content (AvgIpc) is 2.43. The summed E-state index contributed by atoms with van der Waals surface area (Å²) in [7, 11) is 1.73. The Morgan fingerprint density at radius 3 is 2.53 bits per heavy atom. The molecule has 1 aromatic carbocycles. The molecule has 1 heterocycles. The van der Waals surface area contributed by atoms with E-state index >= 15 is 0 Å². The first-order valence-corrected chi connectivity index (χ1v) is 8.03. The number of methoxy groups -OCH3 is 1. The van der Waals surface area contributed by atoms with Crippen LogP contribution in [-0.2, 0) is 0 Å². The third-order valence-electron chi connectivity index (χ3n) is 3.92. The number of aryl methyl sites for hydroxylation is 2. The molecule has 1 aliphatic rings. The third kappa shape index (κ3) is 3.46. The molecule has 0 amide bonds. The average molecular weight is 279 g/mol. The molecule has 0 bridgehead atoms. The summed E-state index contributed by atoms with van der Waals surface area (Å²) < 4.78 is 7.93. The van der Waals surface area contributed by atoms with E-state index in [4.69, 9.17) is 4.74 Å². The van der Waals surface area contributed by atoms with Gasteiger partial charge >= 0.3 is 0 Å². The molecule has 2 nitrogen and oxygen atoms in total. The first-order chi connectivity index (χ1) is 9.15. The summed E-state index contributed by atoms with van der Waals surface area (Å²) >= 11 is 1.95. The van der Waals surface area contributed by atoms with E-state index in [9.17, 15) is 0 Å². The molecule has 1 unspecified atom stereocenters. The second kappa shape index (κ2) is 6.67. The zero-order valence-corrected chi connectivity index (χ0v) is 13.3. The number of hydrogen-bond donors (Lipinski definition) is 0. The number of nitrogens with zero attached hydrogens (tertiary/aromatic N) is 1. The molecule has 0 N–H and O–H groups in total. The van der Waals surface area contributed by atoms with E-state index in [-0.39, 0.29) is 0 Å². The molecule has 3 heteroatoms. The van der Waals surface area contributed by atoms with Crippen molar-refractivity contribution in [2.75, 3.05) is 13.7 Å². The molecule has 106 valence electrons. The summed E-state index contributed by atoms with van der Waals surface area (Å²) in [6, 6.07) is 5.01. The summed E-state index contributed by atoms with van der Waals surface area (Å²) in [5, 5.41) is 0. The Balaban J connectivity index is 2.18. The molecule has 1 atom stereocenters. The highest BCUT2D eigenvalue weighted by molar-refractivity contribution is 7.97. The van der Waals surface area contributed by atoms with Gasteiger partial charge < -0.3 is 4.74 Å². The molecule has 0 spiro atoms. The fraction of sp³-hybridized carbons (Fsp3) is 0.625. The van der Waals surface area contributed by atoms with Crippen molar-refractivity contribution in [1.29, 1.82) is 0 Å². The van der Waals surface area contributed by atoms with E-state index in [1.807, 2.05) is 11.9 Å². The number of rotatable bonds is 4. The van der Waals surface area contributed by atoms with E-state index in [1.54, 1.807) is 7.11 Å². The van der Waals surface area contributed by atoms with E-state index < -0.39 is 0 Å². The molecule has 0 aromatic heterocycles. The van der Waals surface area contributed by atoms with Gasteiger partial charge in [0.05, 0.1) is 7.11 Å². The van der Waals surface area contributed by atoms with Crippen LogP contribution < -0.4 is 4.74 Å². The smallest absolute Gasteiger partial charge is 0.119 e. The Kier molecular flexibility index (Phi) is 5.17. The standard InChI is InChI=1S/C16H25NOS/c1-5-14-8-6-7-9-17(14)19-16-12(2)10-15(18-4)11-13(16)3/h10-11,14H,5-9H2,1-4H3. The van der Waals surface area contributed by atoms with Crippen molar-refractivity contribution in [2.24, 2.45) is 0 Å². The molecule has 2 rings (SSSR count). The van der Waals surface area contributed by atoms with E-state index in [0.717, 1.165) is 11.8 Å².